The Kier molecular flexibility index (Phi) is 7.00. The average Bonchev–Trinajstić information content (AvgIpc) is 2.85. The number of halogens is 1. The van der Waals surface area contributed by atoms with Crippen molar-refractivity contribution in [1.82, 2.24) is 5.32 Å². The fourth-order valence-electron chi connectivity index (χ4n) is 3.99. The summed E-state index contributed by atoms with van der Waals surface area (Å²) in [5.41, 5.74) is 2.67. The van der Waals surface area contributed by atoms with Gasteiger partial charge in [0, 0.05) is 29.8 Å². The van der Waals surface area contributed by atoms with Gasteiger partial charge in [0.05, 0.1) is 18.6 Å². The number of rotatable bonds is 7. The van der Waals surface area contributed by atoms with Crippen LogP contribution in [0.4, 0.5) is 5.69 Å². The van der Waals surface area contributed by atoms with Gasteiger partial charge in [0.25, 0.3) is 5.69 Å². The minimum atomic E-state index is -0.605. The molecule has 176 valence electrons. The van der Waals surface area contributed by atoms with Crippen molar-refractivity contribution < 1.29 is 19.5 Å². The number of nitro groups is 1. The Morgan fingerprint density at radius 2 is 2.00 bits per heavy atom. The van der Waals surface area contributed by atoms with Gasteiger partial charge in [-0.3, -0.25) is 20.4 Å². The number of ether oxygens (including phenoxy) is 2. The minimum Gasteiger partial charge on any atom is -0.504 e. The molecule has 34 heavy (non-hydrogen) atoms. The summed E-state index contributed by atoms with van der Waals surface area (Å²) in [7, 11) is 1.60. The van der Waals surface area contributed by atoms with Crippen molar-refractivity contribution >= 4 is 23.0 Å². The molecule has 0 amide bonds. The van der Waals surface area contributed by atoms with E-state index >= 15 is 0 Å². The molecule has 0 saturated carbocycles. The zero-order valence-electron chi connectivity index (χ0n) is 18.7. The Morgan fingerprint density at radius 1 is 1.21 bits per heavy atom. The van der Waals surface area contributed by atoms with E-state index in [1.54, 1.807) is 19.2 Å². The molecule has 0 saturated heterocycles. The second-order valence-corrected chi connectivity index (χ2v) is 8.14. The number of hydrogen-bond acceptors (Lipinski definition) is 7. The van der Waals surface area contributed by atoms with Gasteiger partial charge in [0.2, 0.25) is 0 Å². The van der Waals surface area contributed by atoms with E-state index in [1.165, 1.54) is 12.1 Å². The monoisotopic (exact) mass is 481 g/mol. The molecule has 2 N–H and O–H groups in total. The highest BCUT2D eigenvalue weighted by Gasteiger charge is 2.30. The van der Waals surface area contributed by atoms with Crippen molar-refractivity contribution in [2.45, 2.75) is 25.6 Å². The Balaban J connectivity index is 1.80. The van der Waals surface area contributed by atoms with Gasteiger partial charge in [-0.05, 0) is 42.3 Å². The third kappa shape index (κ3) is 4.83. The molecule has 0 aliphatic carbocycles. The van der Waals surface area contributed by atoms with E-state index < -0.39 is 11.1 Å². The number of aromatic hydroxyl groups is 1. The molecule has 0 bridgehead atoms. The lowest BCUT2D eigenvalue weighted by molar-refractivity contribution is -0.384. The van der Waals surface area contributed by atoms with E-state index in [1.807, 2.05) is 43.3 Å². The first-order valence-corrected chi connectivity index (χ1v) is 11.1. The molecule has 4 rings (SSSR count). The van der Waals surface area contributed by atoms with Crippen molar-refractivity contribution in [3.05, 3.63) is 92.5 Å². The summed E-state index contributed by atoms with van der Waals surface area (Å²) in [6.07, 6.45) is -0.131. The van der Waals surface area contributed by atoms with Crippen molar-refractivity contribution in [2.75, 3.05) is 13.7 Å². The van der Waals surface area contributed by atoms with Crippen LogP contribution in [0.15, 0.2) is 65.7 Å². The molecule has 0 fully saturated rings. The molecular weight excluding hydrogens is 458 g/mol. The highest BCUT2D eigenvalue weighted by Crippen LogP contribution is 2.39. The predicted molar refractivity (Wildman–Crippen MR) is 130 cm³/mol. The third-order valence-electron chi connectivity index (χ3n) is 5.63. The Labute approximate surface area is 202 Å². The lowest BCUT2D eigenvalue weighted by Gasteiger charge is -2.31. The molecule has 0 spiro atoms. The van der Waals surface area contributed by atoms with Gasteiger partial charge in [-0.1, -0.05) is 41.9 Å². The van der Waals surface area contributed by atoms with Crippen LogP contribution in [0, 0.1) is 10.1 Å². The van der Waals surface area contributed by atoms with Crippen LogP contribution in [0.5, 0.6) is 17.2 Å². The van der Waals surface area contributed by atoms with Crippen LogP contribution in [-0.4, -0.2) is 29.5 Å². The van der Waals surface area contributed by atoms with Crippen LogP contribution in [0.2, 0.25) is 5.02 Å². The van der Waals surface area contributed by atoms with Crippen molar-refractivity contribution in [2.24, 2.45) is 4.99 Å². The van der Waals surface area contributed by atoms with Crippen LogP contribution in [0.1, 0.15) is 42.2 Å². The SMILES string of the molecule is CCOc1cccc([C@H]2CC(c3cccc(OC)c3)=N[C@@H](c3ccc(Cl)c([N+](=O)[O-])c3)N2)c1O. The Bertz CT molecular complexity index is 1250. The molecule has 0 unspecified atom stereocenters. The minimum absolute atomic E-state index is 0.0505. The molecular formula is C25H24ClN3O5. The van der Waals surface area contributed by atoms with Crippen LogP contribution < -0.4 is 14.8 Å². The normalized spacial score (nSPS) is 17.7. The molecule has 3 aromatic carbocycles. The molecule has 1 heterocycles. The van der Waals surface area contributed by atoms with Gasteiger partial charge in [-0.2, -0.15) is 0 Å². The molecule has 8 nitrogen and oxygen atoms in total. The van der Waals surface area contributed by atoms with Gasteiger partial charge >= 0.3 is 0 Å². The Morgan fingerprint density at radius 3 is 2.74 bits per heavy atom. The second-order valence-electron chi connectivity index (χ2n) is 7.73. The van der Waals surface area contributed by atoms with Crippen molar-refractivity contribution in [3.63, 3.8) is 0 Å². The number of nitro benzene ring substituents is 1. The van der Waals surface area contributed by atoms with Gasteiger partial charge in [0.15, 0.2) is 11.5 Å². The molecule has 2 atom stereocenters. The summed E-state index contributed by atoms with van der Waals surface area (Å²) < 4.78 is 10.9. The maximum atomic E-state index is 11.4. The number of methoxy groups -OCH3 is 1. The smallest absolute Gasteiger partial charge is 0.288 e. The number of phenols is 1. The standard InChI is InChI=1S/C25H24ClN3O5/c1-3-34-23-9-5-8-18(24(23)30)21-14-20(15-6-4-7-17(12-15)33-2)27-25(28-21)16-10-11-19(26)22(13-16)29(31)32/h4-13,21,25,28,30H,3,14H2,1-2H3/t21-,25-/m1/s1. The van der Waals surface area contributed by atoms with Gasteiger partial charge in [0.1, 0.15) is 16.9 Å². The predicted octanol–water partition coefficient (Wildman–Crippen LogP) is 5.58. The first-order chi connectivity index (χ1) is 16.4. The number of nitrogens with one attached hydrogen (secondary N) is 1. The molecule has 3 aromatic rings. The molecule has 1 aliphatic rings. The van der Waals surface area contributed by atoms with E-state index in [4.69, 9.17) is 26.1 Å². The molecule has 0 radical (unpaired) electrons. The van der Waals surface area contributed by atoms with E-state index in [2.05, 4.69) is 5.32 Å². The van der Waals surface area contributed by atoms with Crippen molar-refractivity contribution in [3.8, 4) is 17.2 Å². The molecule has 0 aromatic heterocycles. The number of hydrogen-bond donors (Lipinski definition) is 2. The fraction of sp³-hybridized carbons (Fsp3) is 0.240. The highest BCUT2D eigenvalue weighted by atomic mass is 35.5. The highest BCUT2D eigenvalue weighted by molar-refractivity contribution is 6.32. The molecule has 1 aliphatic heterocycles. The van der Waals surface area contributed by atoms with Crippen LogP contribution in [0.25, 0.3) is 0 Å². The lowest BCUT2D eigenvalue weighted by atomic mass is 9.93. The van der Waals surface area contributed by atoms with Gasteiger partial charge < -0.3 is 14.6 Å². The summed E-state index contributed by atoms with van der Waals surface area (Å²) >= 11 is 6.02. The largest absolute Gasteiger partial charge is 0.504 e. The number of phenolic OH excluding ortho intramolecular Hbond substituents is 1. The van der Waals surface area contributed by atoms with E-state index in [0.29, 0.717) is 35.7 Å². The summed E-state index contributed by atoms with van der Waals surface area (Å²) in [6.45, 7) is 2.27. The maximum Gasteiger partial charge on any atom is 0.288 e. The number of para-hydroxylation sites is 1. The van der Waals surface area contributed by atoms with Gasteiger partial charge in [-0.25, -0.2) is 0 Å². The zero-order chi connectivity index (χ0) is 24.2. The summed E-state index contributed by atoms with van der Waals surface area (Å²) in [5.74, 6) is 1.13. The van der Waals surface area contributed by atoms with Crippen LogP contribution >= 0.6 is 11.6 Å². The van der Waals surface area contributed by atoms with Crippen LogP contribution in [-0.2, 0) is 0 Å². The first-order valence-electron chi connectivity index (χ1n) is 10.8. The van der Waals surface area contributed by atoms with E-state index in [0.717, 1.165) is 11.3 Å². The van der Waals surface area contributed by atoms with Gasteiger partial charge in [-0.15, -0.1) is 0 Å². The number of aliphatic imine (C=N–C) groups is 1. The second kappa shape index (κ2) is 10.1. The topological polar surface area (TPSA) is 106 Å². The summed E-state index contributed by atoms with van der Waals surface area (Å²) in [5, 5.41) is 25.8. The number of nitrogens with zero attached hydrogens (tertiary/aromatic N) is 2. The Hall–Kier alpha value is -3.62. The van der Waals surface area contributed by atoms with E-state index in [9.17, 15) is 15.2 Å². The molecule has 9 heteroatoms. The maximum absolute atomic E-state index is 11.4. The summed E-state index contributed by atoms with van der Waals surface area (Å²) in [4.78, 5) is 15.8. The third-order valence-corrected chi connectivity index (χ3v) is 5.95. The lowest BCUT2D eigenvalue weighted by Crippen LogP contribution is -2.33. The summed E-state index contributed by atoms with van der Waals surface area (Å²) in [6, 6.07) is 17.2. The van der Waals surface area contributed by atoms with Crippen LogP contribution in [0.3, 0.4) is 0 Å². The first kappa shape index (κ1) is 23.5. The zero-order valence-corrected chi connectivity index (χ0v) is 19.5. The quantitative estimate of drug-likeness (QED) is 0.337. The number of benzene rings is 3. The van der Waals surface area contributed by atoms with Crippen molar-refractivity contribution in [1.29, 1.82) is 0 Å². The average molecular weight is 482 g/mol. The van der Waals surface area contributed by atoms with E-state index in [-0.39, 0.29) is 22.5 Å². The fourth-order valence-corrected chi connectivity index (χ4v) is 4.17.